The number of fused-ring (bicyclic) bond motifs is 3. The molecular formula is C18H17N5O2. The summed E-state index contributed by atoms with van der Waals surface area (Å²) >= 11 is 0. The molecule has 0 bridgehead atoms. The Morgan fingerprint density at radius 1 is 1.12 bits per heavy atom. The van der Waals surface area contributed by atoms with Crippen molar-refractivity contribution in [3.63, 3.8) is 0 Å². The van der Waals surface area contributed by atoms with Crippen LogP contribution in [0.5, 0.6) is 11.5 Å². The standard InChI is InChI=1S/C18H17N5O2/c19-7-8-20-17-18-21-10-15(12-6-5-11(24)9-16(12)25)23(18)14-4-2-1-3-13(14)22-17/h1-6,9-10,24-25H,7-8,19H2,(H,20,22). The Morgan fingerprint density at radius 3 is 2.76 bits per heavy atom. The Labute approximate surface area is 143 Å². The van der Waals surface area contributed by atoms with Gasteiger partial charge >= 0.3 is 0 Å². The number of aromatic hydroxyl groups is 2. The normalized spacial score (nSPS) is 11.2. The quantitative estimate of drug-likeness (QED) is 0.456. The largest absolute Gasteiger partial charge is 0.508 e. The van der Waals surface area contributed by atoms with E-state index in [1.54, 1.807) is 12.3 Å². The van der Waals surface area contributed by atoms with Crippen molar-refractivity contribution in [3.8, 4) is 22.8 Å². The van der Waals surface area contributed by atoms with Crippen LogP contribution in [0.2, 0.25) is 0 Å². The first-order chi connectivity index (χ1) is 12.2. The van der Waals surface area contributed by atoms with Crippen LogP contribution in [0.25, 0.3) is 27.9 Å². The number of benzene rings is 2. The van der Waals surface area contributed by atoms with Gasteiger partial charge in [0, 0.05) is 24.7 Å². The lowest BCUT2D eigenvalue weighted by atomic mass is 10.1. The van der Waals surface area contributed by atoms with Crippen LogP contribution in [-0.4, -0.2) is 37.7 Å². The van der Waals surface area contributed by atoms with E-state index in [4.69, 9.17) is 5.73 Å². The van der Waals surface area contributed by atoms with E-state index in [1.807, 2.05) is 28.7 Å². The summed E-state index contributed by atoms with van der Waals surface area (Å²) in [5.41, 5.74) is 9.19. The second-order valence-electron chi connectivity index (χ2n) is 5.67. The van der Waals surface area contributed by atoms with Crippen molar-refractivity contribution in [3.05, 3.63) is 48.7 Å². The second kappa shape index (κ2) is 5.95. The number of nitrogens with zero attached hydrogens (tertiary/aromatic N) is 3. The van der Waals surface area contributed by atoms with Gasteiger partial charge < -0.3 is 21.3 Å². The molecule has 7 nitrogen and oxygen atoms in total. The summed E-state index contributed by atoms with van der Waals surface area (Å²) < 4.78 is 1.94. The zero-order valence-electron chi connectivity index (χ0n) is 13.3. The fourth-order valence-corrected chi connectivity index (χ4v) is 2.92. The predicted molar refractivity (Wildman–Crippen MR) is 96.8 cm³/mol. The number of para-hydroxylation sites is 2. The highest BCUT2D eigenvalue weighted by molar-refractivity contribution is 5.87. The summed E-state index contributed by atoms with van der Waals surface area (Å²) in [6.07, 6.45) is 1.68. The number of nitrogens with two attached hydrogens (primary N) is 1. The van der Waals surface area contributed by atoms with Gasteiger partial charge in [-0.3, -0.25) is 4.40 Å². The minimum atomic E-state index is -0.0147. The van der Waals surface area contributed by atoms with E-state index in [0.717, 1.165) is 11.0 Å². The van der Waals surface area contributed by atoms with Gasteiger partial charge in [0.05, 0.1) is 22.9 Å². The van der Waals surface area contributed by atoms with E-state index in [1.165, 1.54) is 12.1 Å². The molecular weight excluding hydrogens is 318 g/mol. The van der Waals surface area contributed by atoms with E-state index in [9.17, 15) is 10.2 Å². The SMILES string of the molecule is NCCNc1nc2ccccc2n2c(-c3ccc(O)cc3O)cnc12. The van der Waals surface area contributed by atoms with Crippen LogP contribution in [0.1, 0.15) is 0 Å². The van der Waals surface area contributed by atoms with Crippen molar-refractivity contribution in [2.75, 3.05) is 18.4 Å². The number of rotatable bonds is 4. The van der Waals surface area contributed by atoms with Crippen LogP contribution in [0, 0.1) is 0 Å². The summed E-state index contributed by atoms with van der Waals surface area (Å²) in [6, 6.07) is 12.2. The molecule has 0 fully saturated rings. The third kappa shape index (κ3) is 2.50. The molecule has 0 amide bonds. The third-order valence-electron chi connectivity index (χ3n) is 4.02. The highest BCUT2D eigenvalue weighted by atomic mass is 16.3. The van der Waals surface area contributed by atoms with Crippen molar-refractivity contribution >= 4 is 22.5 Å². The Morgan fingerprint density at radius 2 is 1.96 bits per heavy atom. The maximum atomic E-state index is 10.3. The third-order valence-corrected chi connectivity index (χ3v) is 4.02. The molecule has 2 aromatic carbocycles. The number of anilines is 1. The van der Waals surface area contributed by atoms with Gasteiger partial charge in [0.25, 0.3) is 0 Å². The topological polar surface area (TPSA) is 109 Å². The number of hydrogen-bond acceptors (Lipinski definition) is 6. The maximum absolute atomic E-state index is 10.3. The first-order valence-corrected chi connectivity index (χ1v) is 7.91. The van der Waals surface area contributed by atoms with Gasteiger partial charge in [-0.1, -0.05) is 12.1 Å². The summed E-state index contributed by atoms with van der Waals surface area (Å²) in [5, 5.41) is 23.0. The van der Waals surface area contributed by atoms with E-state index >= 15 is 0 Å². The second-order valence-corrected chi connectivity index (χ2v) is 5.67. The summed E-state index contributed by atoms with van der Waals surface area (Å²) in [5.74, 6) is 0.625. The van der Waals surface area contributed by atoms with Crippen molar-refractivity contribution < 1.29 is 10.2 Å². The molecule has 2 aromatic heterocycles. The zero-order valence-corrected chi connectivity index (χ0v) is 13.3. The van der Waals surface area contributed by atoms with E-state index in [2.05, 4.69) is 15.3 Å². The molecule has 2 heterocycles. The van der Waals surface area contributed by atoms with Crippen LogP contribution >= 0.6 is 0 Å². The van der Waals surface area contributed by atoms with Gasteiger partial charge in [0.15, 0.2) is 11.5 Å². The molecule has 0 aliphatic rings. The molecule has 0 saturated heterocycles. The van der Waals surface area contributed by atoms with Crippen LogP contribution in [0.15, 0.2) is 48.7 Å². The number of imidazole rings is 1. The minimum Gasteiger partial charge on any atom is -0.508 e. The van der Waals surface area contributed by atoms with E-state index < -0.39 is 0 Å². The molecule has 5 N–H and O–H groups in total. The Bertz CT molecular complexity index is 1070. The number of aromatic nitrogens is 3. The van der Waals surface area contributed by atoms with E-state index in [0.29, 0.717) is 35.8 Å². The van der Waals surface area contributed by atoms with Crippen molar-refractivity contribution in [2.45, 2.75) is 0 Å². The van der Waals surface area contributed by atoms with Crippen molar-refractivity contribution in [1.29, 1.82) is 0 Å². The van der Waals surface area contributed by atoms with E-state index in [-0.39, 0.29) is 11.5 Å². The molecule has 0 aliphatic heterocycles. The molecule has 4 aromatic rings. The summed E-state index contributed by atoms with van der Waals surface area (Å²) in [7, 11) is 0. The molecule has 0 aliphatic carbocycles. The summed E-state index contributed by atoms with van der Waals surface area (Å²) in [4.78, 5) is 9.12. The summed E-state index contributed by atoms with van der Waals surface area (Å²) in [6.45, 7) is 1.06. The molecule has 0 unspecified atom stereocenters. The van der Waals surface area contributed by atoms with Gasteiger partial charge in [-0.05, 0) is 24.3 Å². The smallest absolute Gasteiger partial charge is 0.181 e. The maximum Gasteiger partial charge on any atom is 0.181 e. The average molecular weight is 335 g/mol. The molecule has 0 spiro atoms. The Kier molecular flexibility index (Phi) is 3.62. The van der Waals surface area contributed by atoms with Crippen LogP contribution in [-0.2, 0) is 0 Å². The molecule has 7 heteroatoms. The van der Waals surface area contributed by atoms with Gasteiger partial charge in [0.1, 0.15) is 11.5 Å². The Balaban J connectivity index is 2.04. The average Bonchev–Trinajstić information content (AvgIpc) is 3.05. The molecule has 4 rings (SSSR count). The molecule has 0 saturated carbocycles. The number of phenols is 2. The molecule has 0 radical (unpaired) electrons. The first-order valence-electron chi connectivity index (χ1n) is 7.91. The predicted octanol–water partition coefficient (Wildman–Crippen LogP) is 2.33. The van der Waals surface area contributed by atoms with Gasteiger partial charge in [-0.2, -0.15) is 0 Å². The number of nitrogens with one attached hydrogen (secondary N) is 1. The van der Waals surface area contributed by atoms with Crippen molar-refractivity contribution in [1.82, 2.24) is 14.4 Å². The molecule has 0 atom stereocenters. The van der Waals surface area contributed by atoms with Crippen LogP contribution in [0.3, 0.4) is 0 Å². The highest BCUT2D eigenvalue weighted by Crippen LogP contribution is 2.34. The fraction of sp³-hybridized carbons (Fsp3) is 0.111. The Hall–Kier alpha value is -3.32. The first kappa shape index (κ1) is 15.2. The molecule has 25 heavy (non-hydrogen) atoms. The van der Waals surface area contributed by atoms with Gasteiger partial charge in [-0.25, -0.2) is 9.97 Å². The van der Waals surface area contributed by atoms with Crippen molar-refractivity contribution in [2.24, 2.45) is 5.73 Å². The van der Waals surface area contributed by atoms with Gasteiger partial charge in [0.2, 0.25) is 0 Å². The fourth-order valence-electron chi connectivity index (χ4n) is 2.92. The lowest BCUT2D eigenvalue weighted by Crippen LogP contribution is -2.15. The lowest BCUT2D eigenvalue weighted by molar-refractivity contribution is 0.451. The van der Waals surface area contributed by atoms with Gasteiger partial charge in [-0.15, -0.1) is 0 Å². The van der Waals surface area contributed by atoms with Crippen LogP contribution < -0.4 is 11.1 Å². The van der Waals surface area contributed by atoms with Crippen LogP contribution in [0.4, 0.5) is 5.82 Å². The number of phenolic OH excluding ortho intramolecular Hbond substituents is 2. The monoisotopic (exact) mass is 335 g/mol. The highest BCUT2D eigenvalue weighted by Gasteiger charge is 2.16. The lowest BCUT2D eigenvalue weighted by Gasteiger charge is -2.11. The minimum absolute atomic E-state index is 0.00639. The number of hydrogen-bond donors (Lipinski definition) is 4. The molecule has 126 valence electrons. The zero-order chi connectivity index (χ0) is 17.4.